The molecule has 2 aliphatic heterocycles. The summed E-state index contributed by atoms with van der Waals surface area (Å²) < 4.78 is 5.50. The van der Waals surface area contributed by atoms with Crippen molar-refractivity contribution in [3.63, 3.8) is 0 Å². The van der Waals surface area contributed by atoms with E-state index in [-0.39, 0.29) is 5.91 Å². The molecule has 2 heterocycles. The van der Waals surface area contributed by atoms with Gasteiger partial charge in [-0.25, -0.2) is 0 Å². The number of carbonyl (C=O) groups excluding carboxylic acids is 1. The average Bonchev–Trinajstić information content (AvgIpc) is 2.88. The number of rotatable bonds is 6. The zero-order valence-electron chi connectivity index (χ0n) is 23.1. The first-order valence-electron chi connectivity index (χ1n) is 14.1. The van der Waals surface area contributed by atoms with Crippen LogP contribution < -0.4 is 4.74 Å². The molecule has 1 unspecified atom stereocenters. The highest BCUT2D eigenvalue weighted by Gasteiger charge is 2.28. The number of amides is 1. The molecule has 0 aliphatic carbocycles. The van der Waals surface area contributed by atoms with Crippen molar-refractivity contribution in [1.82, 2.24) is 9.80 Å². The monoisotopic (exact) mass is 498 g/mol. The third-order valence-corrected chi connectivity index (χ3v) is 8.71. The summed E-state index contributed by atoms with van der Waals surface area (Å²) in [6.45, 7) is 11.5. The highest BCUT2D eigenvalue weighted by atomic mass is 16.5. The molecule has 1 saturated heterocycles. The number of hydrogen-bond acceptors (Lipinski definition) is 3. The summed E-state index contributed by atoms with van der Waals surface area (Å²) >= 11 is 0. The summed E-state index contributed by atoms with van der Waals surface area (Å²) in [5.74, 6) is 1.73. The number of hydrogen-bond donors (Lipinski definition) is 0. The predicted octanol–water partition coefficient (Wildman–Crippen LogP) is 6.51. The number of ether oxygens (including phenoxy) is 1. The van der Waals surface area contributed by atoms with E-state index in [2.05, 4.69) is 73.0 Å². The van der Waals surface area contributed by atoms with Crippen molar-refractivity contribution in [2.24, 2.45) is 5.92 Å². The maximum Gasteiger partial charge on any atom is 0.254 e. The minimum absolute atomic E-state index is 0.237. The lowest BCUT2D eigenvalue weighted by Crippen LogP contribution is -2.44. The Morgan fingerprint density at radius 1 is 0.946 bits per heavy atom. The van der Waals surface area contributed by atoms with Crippen LogP contribution in [0.5, 0.6) is 5.75 Å². The summed E-state index contributed by atoms with van der Waals surface area (Å²) in [7, 11) is 1.74. The van der Waals surface area contributed by atoms with Crippen molar-refractivity contribution in [1.29, 1.82) is 0 Å². The van der Waals surface area contributed by atoms with Gasteiger partial charge >= 0.3 is 0 Å². The third kappa shape index (κ3) is 5.70. The van der Waals surface area contributed by atoms with Gasteiger partial charge in [0.1, 0.15) is 5.75 Å². The number of fused-ring (bicyclic) bond motifs is 2. The van der Waals surface area contributed by atoms with Crippen LogP contribution in [0.3, 0.4) is 0 Å². The van der Waals surface area contributed by atoms with E-state index in [1.165, 1.54) is 64.3 Å². The number of benzene rings is 3. The summed E-state index contributed by atoms with van der Waals surface area (Å²) in [5, 5.41) is 2.56. The summed E-state index contributed by atoms with van der Waals surface area (Å²) in [5.41, 5.74) is 7.27. The zero-order valence-corrected chi connectivity index (χ0v) is 23.1. The SMILES string of the molecule is COc1ccc2cc(CCN3CCCCCC(CN4CCc5cc(C)c(C)cc5C4=O)C3)ccc2c1C. The molecule has 0 radical (unpaired) electrons. The molecule has 5 rings (SSSR count). The number of likely N-dealkylation sites (tertiary alicyclic amines) is 1. The van der Waals surface area contributed by atoms with Crippen LogP contribution in [0.25, 0.3) is 10.8 Å². The molecule has 4 heteroatoms. The Balaban J connectivity index is 1.23. The van der Waals surface area contributed by atoms with Crippen LogP contribution >= 0.6 is 0 Å². The van der Waals surface area contributed by atoms with Crippen LogP contribution in [0.2, 0.25) is 0 Å². The quantitative estimate of drug-likeness (QED) is 0.389. The number of aryl methyl sites for hydroxylation is 3. The molecule has 1 amide bonds. The Labute approximate surface area is 222 Å². The van der Waals surface area contributed by atoms with E-state index in [4.69, 9.17) is 4.74 Å². The zero-order chi connectivity index (χ0) is 25.9. The Bertz CT molecular complexity index is 1280. The van der Waals surface area contributed by atoms with Gasteiger partial charge in [0, 0.05) is 31.7 Å². The van der Waals surface area contributed by atoms with Crippen LogP contribution in [-0.4, -0.2) is 55.5 Å². The highest BCUT2D eigenvalue weighted by Crippen LogP contribution is 2.29. The molecule has 1 atom stereocenters. The fourth-order valence-corrected chi connectivity index (χ4v) is 6.32. The van der Waals surface area contributed by atoms with Crippen LogP contribution in [0, 0.1) is 26.7 Å². The lowest BCUT2D eigenvalue weighted by atomic mass is 9.92. The first-order valence-corrected chi connectivity index (χ1v) is 14.1. The smallest absolute Gasteiger partial charge is 0.254 e. The van der Waals surface area contributed by atoms with E-state index < -0.39 is 0 Å². The summed E-state index contributed by atoms with van der Waals surface area (Å²) in [6.07, 6.45) is 7.10. The van der Waals surface area contributed by atoms with Crippen LogP contribution in [0.4, 0.5) is 0 Å². The number of carbonyl (C=O) groups is 1. The van der Waals surface area contributed by atoms with Gasteiger partial charge in [-0.1, -0.05) is 43.2 Å². The molecule has 0 bridgehead atoms. The van der Waals surface area contributed by atoms with E-state index in [9.17, 15) is 4.79 Å². The van der Waals surface area contributed by atoms with Crippen molar-refractivity contribution in [2.45, 2.75) is 59.3 Å². The molecule has 0 saturated carbocycles. The standard InChI is InChI=1S/C33H42N2O2/c1-23-18-29-14-17-35(33(36)31(29)19-24(23)2)22-27-8-6-5-7-15-34(21-27)16-13-26-9-11-30-25(3)32(37-4)12-10-28(30)20-26/h9-12,18-20,27H,5-8,13-17,21-22H2,1-4H3. The minimum atomic E-state index is 0.237. The molecule has 196 valence electrons. The largest absolute Gasteiger partial charge is 0.496 e. The minimum Gasteiger partial charge on any atom is -0.496 e. The molecule has 0 aromatic heterocycles. The molecule has 37 heavy (non-hydrogen) atoms. The second-order valence-electron chi connectivity index (χ2n) is 11.3. The maximum atomic E-state index is 13.4. The van der Waals surface area contributed by atoms with Crippen molar-refractivity contribution >= 4 is 16.7 Å². The summed E-state index contributed by atoms with van der Waals surface area (Å²) in [4.78, 5) is 18.2. The molecule has 4 nitrogen and oxygen atoms in total. The van der Waals surface area contributed by atoms with E-state index in [0.29, 0.717) is 5.92 Å². The average molecular weight is 499 g/mol. The molecule has 2 aliphatic rings. The van der Waals surface area contributed by atoms with Crippen molar-refractivity contribution in [2.75, 3.05) is 39.8 Å². The molecule has 0 spiro atoms. The number of methoxy groups -OCH3 is 1. The van der Waals surface area contributed by atoms with E-state index in [0.717, 1.165) is 56.9 Å². The van der Waals surface area contributed by atoms with Crippen molar-refractivity contribution < 1.29 is 9.53 Å². The molecular formula is C33H42N2O2. The van der Waals surface area contributed by atoms with Gasteiger partial charge in [-0.15, -0.1) is 0 Å². The fourth-order valence-electron chi connectivity index (χ4n) is 6.32. The van der Waals surface area contributed by atoms with Crippen LogP contribution in [0.1, 0.15) is 63.9 Å². The topological polar surface area (TPSA) is 32.8 Å². The Kier molecular flexibility index (Phi) is 7.85. The van der Waals surface area contributed by atoms with Gasteiger partial charge in [0.15, 0.2) is 0 Å². The van der Waals surface area contributed by atoms with Gasteiger partial charge in [0.25, 0.3) is 5.91 Å². The van der Waals surface area contributed by atoms with E-state index >= 15 is 0 Å². The van der Waals surface area contributed by atoms with E-state index in [1.807, 2.05) is 0 Å². The first kappa shape index (κ1) is 25.8. The van der Waals surface area contributed by atoms with Gasteiger partial charge in [0.05, 0.1) is 7.11 Å². The van der Waals surface area contributed by atoms with Gasteiger partial charge in [-0.2, -0.15) is 0 Å². The Morgan fingerprint density at radius 3 is 2.62 bits per heavy atom. The van der Waals surface area contributed by atoms with Crippen molar-refractivity contribution in [3.8, 4) is 5.75 Å². The predicted molar refractivity (Wildman–Crippen MR) is 153 cm³/mol. The second-order valence-corrected chi connectivity index (χ2v) is 11.3. The highest BCUT2D eigenvalue weighted by molar-refractivity contribution is 5.97. The van der Waals surface area contributed by atoms with Crippen LogP contribution in [-0.2, 0) is 12.8 Å². The lowest BCUT2D eigenvalue weighted by Gasteiger charge is -2.35. The van der Waals surface area contributed by atoms with Gasteiger partial charge in [0.2, 0.25) is 0 Å². The maximum absolute atomic E-state index is 13.4. The Morgan fingerprint density at radius 2 is 1.78 bits per heavy atom. The normalized spacial score (nSPS) is 19.0. The molecule has 3 aromatic rings. The van der Waals surface area contributed by atoms with Gasteiger partial charge in [-0.05, 0) is 110 Å². The van der Waals surface area contributed by atoms with Gasteiger partial charge < -0.3 is 14.5 Å². The molecular weight excluding hydrogens is 456 g/mol. The molecule has 3 aromatic carbocycles. The molecule has 1 fully saturated rings. The third-order valence-electron chi connectivity index (χ3n) is 8.71. The first-order chi connectivity index (χ1) is 17.9. The van der Waals surface area contributed by atoms with E-state index in [1.54, 1.807) is 7.11 Å². The summed E-state index contributed by atoms with van der Waals surface area (Å²) in [6, 6.07) is 15.5. The fraction of sp³-hybridized carbons (Fsp3) is 0.485. The lowest BCUT2D eigenvalue weighted by molar-refractivity contribution is 0.0681. The Hall–Kier alpha value is -2.85. The molecule has 0 N–H and O–H groups in total. The van der Waals surface area contributed by atoms with Gasteiger partial charge in [-0.3, -0.25) is 4.79 Å². The second kappa shape index (κ2) is 11.3. The van der Waals surface area contributed by atoms with Crippen molar-refractivity contribution in [3.05, 3.63) is 75.8 Å². The van der Waals surface area contributed by atoms with Crippen LogP contribution in [0.15, 0.2) is 42.5 Å². The number of nitrogens with zero attached hydrogens (tertiary/aromatic N) is 2.